The van der Waals surface area contributed by atoms with E-state index in [1.807, 2.05) is 0 Å². The third-order valence-electron chi connectivity index (χ3n) is 6.55. The molecule has 1 aliphatic carbocycles. The molecule has 1 aliphatic heterocycles. The Morgan fingerprint density at radius 1 is 1.20 bits per heavy atom. The van der Waals surface area contributed by atoms with Crippen LogP contribution in [0.2, 0.25) is 0 Å². The summed E-state index contributed by atoms with van der Waals surface area (Å²) in [4.78, 5) is 7.74. The van der Waals surface area contributed by atoms with Crippen molar-refractivity contribution in [2.75, 3.05) is 45.9 Å². The first kappa shape index (κ1) is 23.1. The Bertz CT molecular complexity index is 673. The first-order valence-corrected chi connectivity index (χ1v) is 11.9. The van der Waals surface area contributed by atoms with Crippen molar-refractivity contribution in [3.63, 3.8) is 0 Å². The van der Waals surface area contributed by atoms with Gasteiger partial charge < -0.3 is 15.4 Å². The fraction of sp³-hybridized carbons (Fsp3) is 0.826. The molecule has 2 fully saturated rings. The van der Waals surface area contributed by atoms with Crippen LogP contribution in [0.5, 0.6) is 0 Å². The Balaban J connectivity index is 1.59. The van der Waals surface area contributed by atoms with E-state index >= 15 is 0 Å². The van der Waals surface area contributed by atoms with Crippen molar-refractivity contribution in [3.8, 4) is 0 Å². The van der Waals surface area contributed by atoms with Crippen LogP contribution < -0.4 is 10.6 Å². The minimum Gasteiger partial charge on any atom is -0.379 e. The highest BCUT2D eigenvalue weighted by atomic mass is 16.5. The van der Waals surface area contributed by atoms with Gasteiger partial charge in [-0.15, -0.1) is 0 Å². The summed E-state index contributed by atoms with van der Waals surface area (Å²) in [6.45, 7) is 15.9. The molecule has 0 spiro atoms. The molecule has 1 aromatic heterocycles. The summed E-state index contributed by atoms with van der Waals surface area (Å²) in [5.74, 6) is 1.41. The smallest absolute Gasteiger partial charge is 0.191 e. The number of hydrogen-bond donors (Lipinski definition) is 2. The lowest BCUT2D eigenvalue weighted by atomic mass is 9.80. The third-order valence-corrected chi connectivity index (χ3v) is 6.55. The van der Waals surface area contributed by atoms with Crippen molar-refractivity contribution in [2.45, 2.75) is 71.9 Å². The third kappa shape index (κ3) is 6.20. The molecular weight excluding hydrogens is 376 g/mol. The van der Waals surface area contributed by atoms with Gasteiger partial charge in [0.25, 0.3) is 0 Å². The maximum atomic E-state index is 5.61. The number of nitrogens with zero attached hydrogens (tertiary/aromatic N) is 4. The first-order chi connectivity index (χ1) is 14.5. The number of ether oxygens (including phenoxy) is 1. The number of aromatic nitrogens is 2. The average Bonchev–Trinajstić information content (AvgIpc) is 3.08. The van der Waals surface area contributed by atoms with Crippen molar-refractivity contribution in [3.05, 3.63) is 17.5 Å². The van der Waals surface area contributed by atoms with Crippen molar-refractivity contribution in [1.82, 2.24) is 25.3 Å². The summed E-state index contributed by atoms with van der Waals surface area (Å²) in [6.07, 6.45) is 6.50. The molecule has 1 saturated carbocycles. The molecule has 3 rings (SSSR count). The second kappa shape index (κ2) is 11.1. The molecule has 0 bridgehead atoms. The molecule has 0 radical (unpaired) electrons. The number of rotatable bonds is 8. The quantitative estimate of drug-likeness (QED) is 0.502. The molecule has 2 N–H and O–H groups in total. The minimum atomic E-state index is 0.208. The molecule has 2 heterocycles. The van der Waals surface area contributed by atoms with E-state index in [0.717, 1.165) is 64.1 Å². The monoisotopic (exact) mass is 418 g/mol. The van der Waals surface area contributed by atoms with E-state index in [1.54, 1.807) is 0 Å². The largest absolute Gasteiger partial charge is 0.379 e. The number of aryl methyl sites for hydroxylation is 2. The molecule has 1 unspecified atom stereocenters. The normalized spacial score (nSPS) is 21.4. The number of aliphatic imine (C=N–C) groups is 1. The van der Waals surface area contributed by atoms with Crippen molar-refractivity contribution < 1.29 is 4.74 Å². The second-order valence-electron chi connectivity index (χ2n) is 9.17. The summed E-state index contributed by atoms with van der Waals surface area (Å²) in [7, 11) is 0. The summed E-state index contributed by atoms with van der Waals surface area (Å²) in [5.41, 5.74) is 2.52. The van der Waals surface area contributed by atoms with E-state index in [-0.39, 0.29) is 5.54 Å². The molecular formula is C23H42N6O. The van der Waals surface area contributed by atoms with Gasteiger partial charge in [0.1, 0.15) is 0 Å². The minimum absolute atomic E-state index is 0.208. The van der Waals surface area contributed by atoms with Gasteiger partial charge in [0.2, 0.25) is 0 Å². The Morgan fingerprint density at radius 3 is 2.57 bits per heavy atom. The number of morpholine rings is 1. The van der Waals surface area contributed by atoms with Gasteiger partial charge >= 0.3 is 0 Å². The SMILES string of the molecule is CCNC(=NCC1(N2CCOCC2)CCCCC1)NCC(C)Cn1nc(C)cc1C. The predicted octanol–water partition coefficient (Wildman–Crippen LogP) is 2.73. The van der Waals surface area contributed by atoms with Crippen LogP contribution in [0.1, 0.15) is 57.3 Å². The Kier molecular flexibility index (Phi) is 8.57. The molecule has 7 nitrogen and oxygen atoms in total. The average molecular weight is 419 g/mol. The fourth-order valence-corrected chi connectivity index (χ4v) is 4.88. The van der Waals surface area contributed by atoms with Gasteiger partial charge in [0.05, 0.1) is 25.5 Å². The lowest BCUT2D eigenvalue weighted by Crippen LogP contribution is -2.56. The van der Waals surface area contributed by atoms with E-state index in [4.69, 9.17) is 9.73 Å². The molecule has 7 heteroatoms. The highest BCUT2D eigenvalue weighted by molar-refractivity contribution is 5.79. The molecule has 0 amide bonds. The van der Waals surface area contributed by atoms with Gasteiger partial charge in [-0.1, -0.05) is 26.2 Å². The van der Waals surface area contributed by atoms with Crippen molar-refractivity contribution >= 4 is 5.96 Å². The highest BCUT2D eigenvalue weighted by Crippen LogP contribution is 2.34. The van der Waals surface area contributed by atoms with Crippen molar-refractivity contribution in [1.29, 1.82) is 0 Å². The Hall–Kier alpha value is -1.60. The Morgan fingerprint density at radius 2 is 1.93 bits per heavy atom. The van der Waals surface area contributed by atoms with Crippen LogP contribution in [0.4, 0.5) is 0 Å². The van der Waals surface area contributed by atoms with Crippen LogP contribution in [0.15, 0.2) is 11.1 Å². The molecule has 2 aliphatic rings. The van der Waals surface area contributed by atoms with E-state index in [9.17, 15) is 0 Å². The van der Waals surface area contributed by atoms with Gasteiger partial charge in [-0.3, -0.25) is 14.6 Å². The van der Waals surface area contributed by atoms with Crippen molar-refractivity contribution in [2.24, 2.45) is 10.9 Å². The number of hydrogen-bond acceptors (Lipinski definition) is 4. The highest BCUT2D eigenvalue weighted by Gasteiger charge is 2.38. The number of guanidine groups is 1. The van der Waals surface area contributed by atoms with E-state index < -0.39 is 0 Å². The molecule has 0 aromatic carbocycles. The van der Waals surface area contributed by atoms with E-state index in [1.165, 1.54) is 37.8 Å². The molecule has 30 heavy (non-hydrogen) atoms. The second-order valence-corrected chi connectivity index (χ2v) is 9.17. The zero-order valence-electron chi connectivity index (χ0n) is 19.5. The van der Waals surface area contributed by atoms with Crippen LogP contribution in [0, 0.1) is 19.8 Å². The summed E-state index contributed by atoms with van der Waals surface area (Å²) in [6, 6.07) is 2.14. The Labute approximate surface area is 182 Å². The lowest BCUT2D eigenvalue weighted by molar-refractivity contribution is -0.0333. The van der Waals surface area contributed by atoms with E-state index in [2.05, 4.69) is 59.1 Å². The van der Waals surface area contributed by atoms with Gasteiger partial charge in [-0.25, -0.2) is 0 Å². The summed E-state index contributed by atoms with van der Waals surface area (Å²) < 4.78 is 7.73. The summed E-state index contributed by atoms with van der Waals surface area (Å²) in [5, 5.41) is 11.6. The zero-order valence-corrected chi connectivity index (χ0v) is 19.5. The van der Waals surface area contributed by atoms with Crippen LogP contribution in [0.3, 0.4) is 0 Å². The van der Waals surface area contributed by atoms with E-state index in [0.29, 0.717) is 5.92 Å². The van der Waals surface area contributed by atoms with Crippen LogP contribution in [-0.4, -0.2) is 72.1 Å². The van der Waals surface area contributed by atoms with Gasteiger partial charge in [-0.05, 0) is 45.6 Å². The topological polar surface area (TPSA) is 66.7 Å². The molecule has 170 valence electrons. The van der Waals surface area contributed by atoms with Gasteiger partial charge in [0.15, 0.2) is 5.96 Å². The predicted molar refractivity (Wildman–Crippen MR) is 123 cm³/mol. The number of nitrogens with one attached hydrogen (secondary N) is 2. The maximum Gasteiger partial charge on any atom is 0.191 e. The molecule has 1 aromatic rings. The van der Waals surface area contributed by atoms with Crippen LogP contribution in [-0.2, 0) is 11.3 Å². The fourth-order valence-electron chi connectivity index (χ4n) is 4.88. The van der Waals surface area contributed by atoms with Gasteiger partial charge in [0, 0.05) is 44.0 Å². The standard InChI is InChI=1S/C23H42N6O/c1-5-24-22(25-16-19(2)17-29-21(4)15-20(3)27-29)26-18-23(9-7-6-8-10-23)28-11-13-30-14-12-28/h15,19H,5-14,16-18H2,1-4H3,(H2,24,25,26). The van der Waals surface area contributed by atoms with Crippen LogP contribution >= 0.6 is 0 Å². The van der Waals surface area contributed by atoms with Crippen LogP contribution in [0.25, 0.3) is 0 Å². The zero-order chi connectivity index (χ0) is 21.4. The summed E-state index contributed by atoms with van der Waals surface area (Å²) >= 11 is 0. The lowest BCUT2D eigenvalue weighted by Gasteiger charge is -2.47. The van der Waals surface area contributed by atoms with Gasteiger partial charge in [-0.2, -0.15) is 5.10 Å². The molecule has 1 atom stereocenters. The first-order valence-electron chi connectivity index (χ1n) is 11.9. The molecule has 1 saturated heterocycles. The maximum absolute atomic E-state index is 5.61.